The van der Waals surface area contributed by atoms with Gasteiger partial charge in [-0.05, 0) is 25.3 Å². The molecule has 5 nitrogen and oxygen atoms in total. The Hall–Kier alpha value is -2.08. The maximum absolute atomic E-state index is 12.4. The Bertz CT molecular complexity index is 768. The highest BCUT2D eigenvalue weighted by molar-refractivity contribution is 7.99. The van der Waals surface area contributed by atoms with Crippen LogP contribution < -0.4 is 5.56 Å². The van der Waals surface area contributed by atoms with E-state index in [9.17, 15) is 9.59 Å². The van der Waals surface area contributed by atoms with Crippen LogP contribution in [-0.4, -0.2) is 39.6 Å². The van der Waals surface area contributed by atoms with Crippen molar-refractivity contribution in [1.29, 1.82) is 0 Å². The molecule has 0 bridgehead atoms. The van der Waals surface area contributed by atoms with Crippen LogP contribution in [0.3, 0.4) is 0 Å². The molecule has 1 saturated heterocycles. The van der Waals surface area contributed by atoms with E-state index in [0.717, 1.165) is 37.2 Å². The van der Waals surface area contributed by atoms with E-state index in [4.69, 9.17) is 0 Å². The Balaban J connectivity index is 1.68. The molecule has 0 unspecified atom stereocenters. The van der Waals surface area contributed by atoms with Gasteiger partial charge in [-0.3, -0.25) is 9.59 Å². The minimum Gasteiger partial charge on any atom is -0.342 e. The number of aromatic amines is 1. The Morgan fingerprint density at radius 1 is 1.25 bits per heavy atom. The number of nitrogens with one attached hydrogen (secondary N) is 1. The van der Waals surface area contributed by atoms with Crippen molar-refractivity contribution in [3.8, 4) is 0 Å². The summed E-state index contributed by atoms with van der Waals surface area (Å²) in [6, 6.07) is 9.86. The zero-order chi connectivity index (χ0) is 16.9. The highest BCUT2D eigenvalue weighted by Crippen LogP contribution is 2.17. The van der Waals surface area contributed by atoms with Crippen molar-refractivity contribution >= 4 is 17.7 Å². The monoisotopic (exact) mass is 343 g/mol. The average molecular weight is 343 g/mol. The molecule has 2 heterocycles. The molecule has 1 aromatic heterocycles. The molecule has 0 aliphatic carbocycles. The number of carbonyl (C=O) groups excluding carboxylic acids is 1. The van der Waals surface area contributed by atoms with Crippen molar-refractivity contribution in [3.63, 3.8) is 0 Å². The number of nitrogens with zero attached hydrogens (tertiary/aromatic N) is 2. The summed E-state index contributed by atoms with van der Waals surface area (Å²) < 4.78 is 0. The molecule has 1 aromatic carbocycles. The predicted molar refractivity (Wildman–Crippen MR) is 95.4 cm³/mol. The maximum atomic E-state index is 12.4. The molecule has 0 radical (unpaired) electrons. The molecule has 24 heavy (non-hydrogen) atoms. The van der Waals surface area contributed by atoms with Crippen molar-refractivity contribution in [2.45, 2.75) is 31.3 Å². The van der Waals surface area contributed by atoms with Gasteiger partial charge in [-0.15, -0.1) is 0 Å². The van der Waals surface area contributed by atoms with Crippen molar-refractivity contribution in [1.82, 2.24) is 14.9 Å². The summed E-state index contributed by atoms with van der Waals surface area (Å²) >= 11 is 1.30. The third kappa shape index (κ3) is 4.06. The largest absolute Gasteiger partial charge is 0.342 e. The van der Waals surface area contributed by atoms with Crippen LogP contribution in [-0.2, 0) is 11.2 Å². The van der Waals surface area contributed by atoms with Crippen LogP contribution in [0.1, 0.15) is 29.7 Å². The van der Waals surface area contributed by atoms with Gasteiger partial charge >= 0.3 is 0 Å². The van der Waals surface area contributed by atoms with Gasteiger partial charge in [-0.2, -0.15) is 0 Å². The first-order valence-corrected chi connectivity index (χ1v) is 9.16. The summed E-state index contributed by atoms with van der Waals surface area (Å²) in [6.07, 6.45) is 2.73. The SMILES string of the molecule is Cc1nc(SCC(=O)N2CCCC2)[nH]c(=O)c1Cc1ccccc1. The molecule has 2 aromatic rings. The quantitative estimate of drug-likeness (QED) is 0.669. The van der Waals surface area contributed by atoms with Gasteiger partial charge in [-0.1, -0.05) is 42.1 Å². The van der Waals surface area contributed by atoms with E-state index in [1.807, 2.05) is 42.2 Å². The summed E-state index contributed by atoms with van der Waals surface area (Å²) in [4.78, 5) is 33.6. The van der Waals surface area contributed by atoms with Crippen LogP contribution in [0.2, 0.25) is 0 Å². The number of aromatic nitrogens is 2. The zero-order valence-corrected chi connectivity index (χ0v) is 14.6. The highest BCUT2D eigenvalue weighted by atomic mass is 32.2. The Morgan fingerprint density at radius 3 is 2.62 bits per heavy atom. The van der Waals surface area contributed by atoms with Gasteiger partial charge in [-0.25, -0.2) is 4.98 Å². The number of amides is 1. The molecule has 0 spiro atoms. The highest BCUT2D eigenvalue weighted by Gasteiger charge is 2.18. The normalized spacial score (nSPS) is 14.1. The molecular weight excluding hydrogens is 322 g/mol. The summed E-state index contributed by atoms with van der Waals surface area (Å²) in [5.41, 5.74) is 2.36. The smallest absolute Gasteiger partial charge is 0.255 e. The van der Waals surface area contributed by atoms with Gasteiger partial charge in [0.25, 0.3) is 5.56 Å². The average Bonchev–Trinajstić information content (AvgIpc) is 3.11. The first-order valence-electron chi connectivity index (χ1n) is 8.18. The molecule has 1 aliphatic heterocycles. The van der Waals surface area contributed by atoms with Gasteiger partial charge in [0, 0.05) is 30.8 Å². The van der Waals surface area contributed by atoms with Crippen LogP contribution in [0.4, 0.5) is 0 Å². The number of rotatable bonds is 5. The van der Waals surface area contributed by atoms with Gasteiger partial charge in [0.2, 0.25) is 5.91 Å². The third-order valence-electron chi connectivity index (χ3n) is 4.22. The lowest BCUT2D eigenvalue weighted by atomic mass is 10.1. The van der Waals surface area contributed by atoms with E-state index >= 15 is 0 Å². The molecule has 1 fully saturated rings. The summed E-state index contributed by atoms with van der Waals surface area (Å²) in [7, 11) is 0. The van der Waals surface area contributed by atoms with Crippen LogP contribution in [0.25, 0.3) is 0 Å². The third-order valence-corrected chi connectivity index (χ3v) is 5.07. The Labute approximate surface area is 145 Å². The van der Waals surface area contributed by atoms with Gasteiger partial charge in [0.15, 0.2) is 5.16 Å². The number of H-pyrrole nitrogens is 1. The molecule has 1 N–H and O–H groups in total. The minimum atomic E-state index is -0.123. The van der Waals surface area contributed by atoms with E-state index in [-0.39, 0.29) is 11.5 Å². The molecule has 126 valence electrons. The number of likely N-dealkylation sites (tertiary alicyclic amines) is 1. The Morgan fingerprint density at radius 2 is 1.96 bits per heavy atom. The van der Waals surface area contributed by atoms with E-state index in [2.05, 4.69) is 9.97 Å². The van der Waals surface area contributed by atoms with Crippen LogP contribution >= 0.6 is 11.8 Å². The molecule has 0 atom stereocenters. The summed E-state index contributed by atoms with van der Waals surface area (Å²) in [6.45, 7) is 3.54. The Kier molecular flexibility index (Phi) is 5.35. The van der Waals surface area contributed by atoms with Gasteiger partial charge in [0.1, 0.15) is 0 Å². The van der Waals surface area contributed by atoms with Gasteiger partial charge in [0.05, 0.1) is 5.75 Å². The number of thioether (sulfide) groups is 1. The minimum absolute atomic E-state index is 0.117. The van der Waals surface area contributed by atoms with Crippen molar-refractivity contribution in [2.24, 2.45) is 0 Å². The lowest BCUT2D eigenvalue weighted by molar-refractivity contribution is -0.127. The van der Waals surface area contributed by atoms with Crippen molar-refractivity contribution in [2.75, 3.05) is 18.8 Å². The molecule has 0 saturated carbocycles. The first kappa shape index (κ1) is 16.8. The second-order valence-corrected chi connectivity index (χ2v) is 6.94. The second-order valence-electron chi connectivity index (χ2n) is 5.97. The summed E-state index contributed by atoms with van der Waals surface area (Å²) in [5.74, 6) is 0.437. The lowest BCUT2D eigenvalue weighted by Crippen LogP contribution is -2.29. The number of aryl methyl sites for hydroxylation is 1. The first-order chi connectivity index (χ1) is 11.6. The molecule has 1 aliphatic rings. The van der Waals surface area contributed by atoms with Gasteiger partial charge < -0.3 is 9.88 Å². The number of carbonyl (C=O) groups is 1. The topological polar surface area (TPSA) is 66.1 Å². The fraction of sp³-hybridized carbons (Fsp3) is 0.389. The molecule has 6 heteroatoms. The zero-order valence-electron chi connectivity index (χ0n) is 13.7. The number of benzene rings is 1. The van der Waals surface area contributed by atoms with Crippen molar-refractivity contribution < 1.29 is 4.79 Å². The maximum Gasteiger partial charge on any atom is 0.255 e. The summed E-state index contributed by atoms with van der Waals surface area (Å²) in [5, 5.41) is 0.516. The van der Waals surface area contributed by atoms with E-state index < -0.39 is 0 Å². The van der Waals surface area contributed by atoms with Crippen molar-refractivity contribution in [3.05, 3.63) is 57.5 Å². The molecule has 3 rings (SSSR count). The number of hydrogen-bond donors (Lipinski definition) is 1. The fourth-order valence-corrected chi connectivity index (χ4v) is 3.66. The second kappa shape index (κ2) is 7.66. The van der Waals surface area contributed by atoms with E-state index in [0.29, 0.717) is 22.9 Å². The molecule has 1 amide bonds. The number of hydrogen-bond acceptors (Lipinski definition) is 4. The van der Waals surface area contributed by atoms with E-state index in [1.54, 1.807) is 0 Å². The fourth-order valence-electron chi connectivity index (χ4n) is 2.85. The predicted octanol–water partition coefficient (Wildman–Crippen LogP) is 2.38. The molecular formula is C18H21N3O2S. The lowest BCUT2D eigenvalue weighted by Gasteiger charge is -2.14. The standard InChI is InChI=1S/C18H21N3O2S/c1-13-15(11-14-7-3-2-4-8-14)17(23)20-18(19-13)24-12-16(22)21-9-5-6-10-21/h2-4,7-8H,5-6,9-12H2,1H3,(H,19,20,23). The van der Waals surface area contributed by atoms with E-state index in [1.165, 1.54) is 11.8 Å². The van der Waals surface area contributed by atoms with Crippen LogP contribution in [0.15, 0.2) is 40.3 Å². The van der Waals surface area contributed by atoms with Crippen LogP contribution in [0.5, 0.6) is 0 Å². The van der Waals surface area contributed by atoms with Crippen LogP contribution in [0, 0.1) is 6.92 Å².